The molecule has 88 valence electrons. The highest BCUT2D eigenvalue weighted by Gasteiger charge is 2.20. The highest BCUT2D eigenvalue weighted by Crippen LogP contribution is 2.23. The standard InChI is InChI=1S/C12H25N3/c1-3-5-7-10(6-4-2)14-12(13)15-11-8-9-11/h10-11H,3-9H2,1-2H3,(H3,13,14,15). The van der Waals surface area contributed by atoms with Crippen LogP contribution < -0.4 is 11.1 Å². The van der Waals surface area contributed by atoms with Gasteiger partial charge in [0.25, 0.3) is 0 Å². The van der Waals surface area contributed by atoms with Gasteiger partial charge in [0.1, 0.15) is 0 Å². The zero-order valence-corrected chi connectivity index (χ0v) is 10.1. The van der Waals surface area contributed by atoms with Crippen molar-refractivity contribution in [1.29, 1.82) is 0 Å². The summed E-state index contributed by atoms with van der Waals surface area (Å²) < 4.78 is 0. The number of nitrogens with two attached hydrogens (primary N) is 1. The lowest BCUT2D eigenvalue weighted by molar-refractivity contribution is 0.492. The first-order valence-corrected chi connectivity index (χ1v) is 6.36. The summed E-state index contributed by atoms with van der Waals surface area (Å²) in [4.78, 5) is 4.40. The molecule has 0 aromatic rings. The Morgan fingerprint density at radius 3 is 2.60 bits per heavy atom. The van der Waals surface area contributed by atoms with E-state index in [1.54, 1.807) is 0 Å². The molecule has 15 heavy (non-hydrogen) atoms. The molecule has 1 rings (SSSR count). The summed E-state index contributed by atoms with van der Waals surface area (Å²) >= 11 is 0. The quantitative estimate of drug-likeness (QED) is 0.502. The smallest absolute Gasteiger partial charge is 0.189 e. The van der Waals surface area contributed by atoms with Crippen LogP contribution in [0.15, 0.2) is 4.99 Å². The van der Waals surface area contributed by atoms with Crippen molar-refractivity contribution in [3.63, 3.8) is 0 Å². The fraction of sp³-hybridized carbons (Fsp3) is 0.917. The van der Waals surface area contributed by atoms with Crippen LogP contribution in [0.25, 0.3) is 0 Å². The third-order valence-electron chi connectivity index (χ3n) is 2.76. The zero-order chi connectivity index (χ0) is 11.1. The lowest BCUT2D eigenvalue weighted by Gasteiger charge is -2.18. The van der Waals surface area contributed by atoms with Crippen molar-refractivity contribution in [2.75, 3.05) is 0 Å². The first-order chi connectivity index (χ1) is 7.26. The largest absolute Gasteiger partial charge is 0.370 e. The van der Waals surface area contributed by atoms with Crippen LogP contribution in [0.2, 0.25) is 0 Å². The first-order valence-electron chi connectivity index (χ1n) is 6.36. The van der Waals surface area contributed by atoms with Gasteiger partial charge in [0.05, 0.1) is 6.04 Å². The van der Waals surface area contributed by atoms with E-state index in [0.29, 0.717) is 18.0 Å². The van der Waals surface area contributed by atoms with Crippen LogP contribution >= 0.6 is 0 Å². The van der Waals surface area contributed by atoms with Crippen LogP contribution in [-0.4, -0.2) is 18.0 Å². The Kier molecular flexibility index (Phi) is 5.51. The van der Waals surface area contributed by atoms with Crippen LogP contribution in [0.3, 0.4) is 0 Å². The SMILES string of the molecule is CCCCC(CCC)NC(N)=NC1CC1. The first kappa shape index (κ1) is 12.3. The fourth-order valence-electron chi connectivity index (χ4n) is 1.73. The van der Waals surface area contributed by atoms with E-state index in [0.717, 1.165) is 0 Å². The molecule has 3 heteroatoms. The molecular weight excluding hydrogens is 186 g/mol. The summed E-state index contributed by atoms with van der Waals surface area (Å²) in [6.45, 7) is 4.44. The number of nitrogens with zero attached hydrogens (tertiary/aromatic N) is 1. The van der Waals surface area contributed by atoms with E-state index < -0.39 is 0 Å². The highest BCUT2D eigenvalue weighted by atomic mass is 15.1. The molecule has 0 aromatic heterocycles. The molecule has 1 aliphatic rings. The van der Waals surface area contributed by atoms with Gasteiger partial charge < -0.3 is 11.1 Å². The molecule has 0 spiro atoms. The van der Waals surface area contributed by atoms with Gasteiger partial charge in [-0.1, -0.05) is 33.1 Å². The maximum Gasteiger partial charge on any atom is 0.189 e. The van der Waals surface area contributed by atoms with E-state index in [4.69, 9.17) is 5.73 Å². The molecule has 3 N–H and O–H groups in total. The second kappa shape index (κ2) is 6.70. The molecule has 0 radical (unpaired) electrons. The maximum absolute atomic E-state index is 5.86. The van der Waals surface area contributed by atoms with Gasteiger partial charge in [0.2, 0.25) is 0 Å². The van der Waals surface area contributed by atoms with Crippen LogP contribution in [0.4, 0.5) is 0 Å². The number of rotatable bonds is 7. The van der Waals surface area contributed by atoms with E-state index >= 15 is 0 Å². The van der Waals surface area contributed by atoms with Gasteiger partial charge in [-0.05, 0) is 25.7 Å². The summed E-state index contributed by atoms with van der Waals surface area (Å²) in [6.07, 6.45) is 8.58. The molecule has 0 amide bonds. The van der Waals surface area contributed by atoms with Crippen molar-refractivity contribution in [3.05, 3.63) is 0 Å². The summed E-state index contributed by atoms with van der Waals surface area (Å²) in [5.41, 5.74) is 5.86. The van der Waals surface area contributed by atoms with Crippen LogP contribution in [0.5, 0.6) is 0 Å². The van der Waals surface area contributed by atoms with Crippen LogP contribution in [-0.2, 0) is 0 Å². The van der Waals surface area contributed by atoms with Gasteiger partial charge in [-0.2, -0.15) is 0 Å². The molecule has 0 saturated heterocycles. The fourth-order valence-corrected chi connectivity index (χ4v) is 1.73. The third kappa shape index (κ3) is 5.65. The minimum atomic E-state index is 0.519. The molecule has 1 fully saturated rings. The predicted molar refractivity (Wildman–Crippen MR) is 66.0 cm³/mol. The lowest BCUT2D eigenvalue weighted by atomic mass is 10.1. The van der Waals surface area contributed by atoms with Crippen molar-refractivity contribution in [2.45, 2.75) is 70.9 Å². The normalized spacial score (nSPS) is 18.9. The van der Waals surface area contributed by atoms with Gasteiger partial charge in [-0.25, -0.2) is 0 Å². The van der Waals surface area contributed by atoms with Gasteiger partial charge >= 0.3 is 0 Å². The molecule has 1 aliphatic carbocycles. The Morgan fingerprint density at radius 1 is 1.33 bits per heavy atom. The van der Waals surface area contributed by atoms with E-state index in [1.165, 1.54) is 44.9 Å². The molecule has 0 heterocycles. The number of guanidine groups is 1. The monoisotopic (exact) mass is 211 g/mol. The Labute approximate surface area is 93.5 Å². The number of nitrogens with one attached hydrogen (secondary N) is 1. The van der Waals surface area contributed by atoms with E-state index in [2.05, 4.69) is 24.2 Å². The van der Waals surface area contributed by atoms with Gasteiger partial charge in [0, 0.05) is 6.04 Å². The number of hydrogen-bond donors (Lipinski definition) is 2. The van der Waals surface area contributed by atoms with Crippen molar-refractivity contribution in [3.8, 4) is 0 Å². The predicted octanol–water partition coefficient (Wildman–Crippen LogP) is 2.41. The molecule has 0 aromatic carbocycles. The molecule has 1 saturated carbocycles. The lowest BCUT2D eigenvalue weighted by Crippen LogP contribution is -2.40. The van der Waals surface area contributed by atoms with Gasteiger partial charge in [-0.15, -0.1) is 0 Å². The average Bonchev–Trinajstić information content (AvgIpc) is 2.98. The topological polar surface area (TPSA) is 50.4 Å². The molecule has 3 nitrogen and oxygen atoms in total. The Hall–Kier alpha value is -0.730. The molecular formula is C12H25N3. The van der Waals surface area contributed by atoms with Crippen molar-refractivity contribution >= 4 is 5.96 Å². The van der Waals surface area contributed by atoms with Crippen LogP contribution in [0.1, 0.15) is 58.8 Å². The van der Waals surface area contributed by atoms with Gasteiger partial charge in [0.15, 0.2) is 5.96 Å². The van der Waals surface area contributed by atoms with Gasteiger partial charge in [-0.3, -0.25) is 4.99 Å². The van der Waals surface area contributed by atoms with Crippen molar-refractivity contribution in [2.24, 2.45) is 10.7 Å². The second-order valence-electron chi connectivity index (χ2n) is 4.52. The number of aliphatic imine (C=N–C) groups is 1. The average molecular weight is 211 g/mol. The van der Waals surface area contributed by atoms with Crippen LogP contribution in [0, 0.1) is 0 Å². The minimum absolute atomic E-state index is 0.519. The Morgan fingerprint density at radius 2 is 2.07 bits per heavy atom. The summed E-state index contributed by atoms with van der Waals surface area (Å²) in [5.74, 6) is 0.659. The molecule has 1 unspecified atom stereocenters. The number of hydrogen-bond acceptors (Lipinski definition) is 1. The Bertz CT molecular complexity index is 197. The van der Waals surface area contributed by atoms with Crippen molar-refractivity contribution in [1.82, 2.24) is 5.32 Å². The second-order valence-corrected chi connectivity index (χ2v) is 4.52. The molecule has 0 aliphatic heterocycles. The van der Waals surface area contributed by atoms with E-state index in [-0.39, 0.29) is 0 Å². The number of unbranched alkanes of at least 4 members (excludes halogenated alkanes) is 1. The molecule has 1 atom stereocenters. The Balaban J connectivity index is 2.27. The molecule has 0 bridgehead atoms. The van der Waals surface area contributed by atoms with Crippen molar-refractivity contribution < 1.29 is 0 Å². The van der Waals surface area contributed by atoms with E-state index in [9.17, 15) is 0 Å². The maximum atomic E-state index is 5.86. The highest BCUT2D eigenvalue weighted by molar-refractivity contribution is 5.78. The third-order valence-corrected chi connectivity index (χ3v) is 2.76. The summed E-state index contributed by atoms with van der Waals surface area (Å²) in [5, 5.41) is 3.35. The minimum Gasteiger partial charge on any atom is -0.370 e. The zero-order valence-electron chi connectivity index (χ0n) is 10.1. The summed E-state index contributed by atoms with van der Waals surface area (Å²) in [6, 6.07) is 1.04. The van der Waals surface area contributed by atoms with E-state index in [1.807, 2.05) is 0 Å². The summed E-state index contributed by atoms with van der Waals surface area (Å²) in [7, 11) is 0.